The van der Waals surface area contributed by atoms with Crippen LogP contribution < -0.4 is 5.32 Å². The summed E-state index contributed by atoms with van der Waals surface area (Å²) >= 11 is 0. The average molecular weight is 235 g/mol. The van der Waals surface area contributed by atoms with Crippen LogP contribution in [-0.4, -0.2) is 23.9 Å². The van der Waals surface area contributed by atoms with Crippen LogP contribution in [0.4, 0.5) is 0 Å². The van der Waals surface area contributed by atoms with Gasteiger partial charge in [0.1, 0.15) is 5.75 Å². The molecule has 0 aliphatic carbocycles. The molecule has 1 heterocycles. The summed E-state index contributed by atoms with van der Waals surface area (Å²) in [5.74, 6) is 0.364. The minimum Gasteiger partial charge on any atom is -0.508 e. The summed E-state index contributed by atoms with van der Waals surface area (Å²) in [7, 11) is 0. The topological polar surface area (TPSA) is 41.5 Å². The summed E-state index contributed by atoms with van der Waals surface area (Å²) in [6.07, 6.45) is 2.61. The molecule has 1 fully saturated rings. The van der Waals surface area contributed by atoms with Gasteiger partial charge in [0.05, 0.1) is 6.10 Å². The van der Waals surface area contributed by atoms with E-state index in [1.54, 1.807) is 6.07 Å². The first kappa shape index (κ1) is 12.4. The molecule has 3 nitrogen and oxygen atoms in total. The predicted octanol–water partition coefficient (Wildman–Crippen LogP) is 2.36. The van der Waals surface area contributed by atoms with E-state index in [4.69, 9.17) is 4.74 Å². The molecule has 2 atom stereocenters. The Balaban J connectivity index is 1.90. The number of benzene rings is 1. The number of hydrogen-bond donors (Lipinski definition) is 2. The Labute approximate surface area is 103 Å². The smallest absolute Gasteiger partial charge is 0.120 e. The molecule has 1 aliphatic heterocycles. The van der Waals surface area contributed by atoms with Crippen LogP contribution in [0.3, 0.4) is 0 Å². The predicted molar refractivity (Wildman–Crippen MR) is 68.1 cm³/mol. The minimum absolute atomic E-state index is 0.321. The first-order chi connectivity index (χ1) is 8.16. The van der Waals surface area contributed by atoms with Gasteiger partial charge in [0.25, 0.3) is 0 Å². The van der Waals surface area contributed by atoms with Gasteiger partial charge < -0.3 is 15.2 Å². The van der Waals surface area contributed by atoms with E-state index in [0.717, 1.165) is 25.0 Å². The van der Waals surface area contributed by atoms with Gasteiger partial charge in [-0.25, -0.2) is 0 Å². The second kappa shape index (κ2) is 5.52. The molecule has 0 spiro atoms. The summed E-state index contributed by atoms with van der Waals surface area (Å²) in [6, 6.07) is 6.02. The molecule has 1 aromatic carbocycles. The van der Waals surface area contributed by atoms with Crippen LogP contribution in [0, 0.1) is 6.92 Å². The minimum atomic E-state index is 0.321. The molecule has 1 saturated heterocycles. The van der Waals surface area contributed by atoms with E-state index in [-0.39, 0.29) is 0 Å². The van der Waals surface area contributed by atoms with Crippen molar-refractivity contribution in [1.29, 1.82) is 0 Å². The van der Waals surface area contributed by atoms with E-state index >= 15 is 0 Å². The van der Waals surface area contributed by atoms with Crippen molar-refractivity contribution in [3.05, 3.63) is 29.3 Å². The van der Waals surface area contributed by atoms with Crippen molar-refractivity contribution in [2.75, 3.05) is 6.61 Å². The molecule has 0 amide bonds. The van der Waals surface area contributed by atoms with E-state index in [0.29, 0.717) is 24.4 Å². The van der Waals surface area contributed by atoms with Crippen LogP contribution in [0.1, 0.15) is 30.9 Å². The summed E-state index contributed by atoms with van der Waals surface area (Å²) in [6.45, 7) is 5.75. The molecule has 0 radical (unpaired) electrons. The van der Waals surface area contributed by atoms with E-state index in [9.17, 15) is 5.11 Å². The highest BCUT2D eigenvalue weighted by atomic mass is 16.5. The summed E-state index contributed by atoms with van der Waals surface area (Å²) in [5, 5.41) is 13.2. The molecule has 0 bridgehead atoms. The average Bonchev–Trinajstić information content (AvgIpc) is 2.83. The van der Waals surface area contributed by atoms with Crippen molar-refractivity contribution in [2.24, 2.45) is 0 Å². The summed E-state index contributed by atoms with van der Waals surface area (Å²) < 4.78 is 5.63. The lowest BCUT2D eigenvalue weighted by Gasteiger charge is -2.20. The second-order valence-electron chi connectivity index (χ2n) is 4.85. The third-order valence-electron chi connectivity index (χ3n) is 3.37. The number of phenols is 1. The number of aryl methyl sites for hydroxylation is 1. The van der Waals surface area contributed by atoms with Gasteiger partial charge in [-0.15, -0.1) is 0 Å². The fourth-order valence-electron chi connectivity index (χ4n) is 2.26. The maximum Gasteiger partial charge on any atom is 0.120 e. The van der Waals surface area contributed by atoms with E-state index in [1.807, 2.05) is 19.1 Å². The number of phenolic OH excluding ortho intramolecular Hbond substituents is 1. The van der Waals surface area contributed by atoms with Gasteiger partial charge in [-0.05, 0) is 32.8 Å². The third kappa shape index (κ3) is 3.20. The number of hydrogen-bond acceptors (Lipinski definition) is 3. The molecular weight excluding hydrogens is 214 g/mol. The zero-order valence-electron chi connectivity index (χ0n) is 10.6. The largest absolute Gasteiger partial charge is 0.508 e. The molecule has 3 heteroatoms. The van der Waals surface area contributed by atoms with E-state index in [1.165, 1.54) is 5.56 Å². The molecule has 2 N–H and O–H groups in total. The third-order valence-corrected chi connectivity index (χ3v) is 3.37. The van der Waals surface area contributed by atoms with Gasteiger partial charge >= 0.3 is 0 Å². The zero-order chi connectivity index (χ0) is 12.3. The normalized spacial score (nSPS) is 21.6. The molecule has 1 aromatic rings. The number of aromatic hydroxyl groups is 1. The van der Waals surface area contributed by atoms with Crippen molar-refractivity contribution in [1.82, 2.24) is 5.32 Å². The van der Waals surface area contributed by atoms with Gasteiger partial charge in [0, 0.05) is 24.8 Å². The molecule has 0 aromatic heterocycles. The Morgan fingerprint density at radius 1 is 1.53 bits per heavy atom. The first-order valence-electron chi connectivity index (χ1n) is 6.30. The van der Waals surface area contributed by atoms with Crippen molar-refractivity contribution in [3.63, 3.8) is 0 Å². The van der Waals surface area contributed by atoms with Crippen LogP contribution in [0.5, 0.6) is 5.75 Å². The van der Waals surface area contributed by atoms with Crippen molar-refractivity contribution >= 4 is 0 Å². The second-order valence-corrected chi connectivity index (χ2v) is 4.85. The van der Waals surface area contributed by atoms with Crippen LogP contribution in [0.15, 0.2) is 18.2 Å². The Morgan fingerprint density at radius 3 is 3.06 bits per heavy atom. The SMILES string of the molecule is Cc1ccc(O)c(CNC(C)C2CCCO2)c1. The fraction of sp³-hybridized carbons (Fsp3) is 0.571. The fourth-order valence-corrected chi connectivity index (χ4v) is 2.26. The summed E-state index contributed by atoms with van der Waals surface area (Å²) in [5.41, 5.74) is 2.12. The lowest BCUT2D eigenvalue weighted by Crippen LogP contribution is -2.36. The van der Waals surface area contributed by atoms with Crippen molar-refractivity contribution < 1.29 is 9.84 Å². The lowest BCUT2D eigenvalue weighted by atomic mass is 10.1. The molecule has 0 saturated carbocycles. The maximum atomic E-state index is 9.74. The van der Waals surface area contributed by atoms with Crippen molar-refractivity contribution in [3.8, 4) is 5.75 Å². The first-order valence-corrected chi connectivity index (χ1v) is 6.30. The number of rotatable bonds is 4. The van der Waals surface area contributed by atoms with Gasteiger partial charge in [0.2, 0.25) is 0 Å². The van der Waals surface area contributed by atoms with E-state index < -0.39 is 0 Å². The molecular formula is C14H21NO2. The summed E-state index contributed by atoms with van der Waals surface area (Å²) in [4.78, 5) is 0. The maximum absolute atomic E-state index is 9.74. The molecule has 2 unspecified atom stereocenters. The van der Waals surface area contributed by atoms with Crippen LogP contribution >= 0.6 is 0 Å². The molecule has 17 heavy (non-hydrogen) atoms. The Bertz CT molecular complexity index is 372. The molecule has 94 valence electrons. The highest BCUT2D eigenvalue weighted by Gasteiger charge is 2.21. The monoisotopic (exact) mass is 235 g/mol. The zero-order valence-corrected chi connectivity index (χ0v) is 10.6. The van der Waals surface area contributed by atoms with Crippen molar-refractivity contribution in [2.45, 2.75) is 45.4 Å². The molecule has 1 aliphatic rings. The van der Waals surface area contributed by atoms with E-state index in [2.05, 4.69) is 12.2 Å². The highest BCUT2D eigenvalue weighted by Crippen LogP contribution is 2.19. The van der Waals surface area contributed by atoms with Gasteiger partial charge in [-0.2, -0.15) is 0 Å². The number of ether oxygens (including phenoxy) is 1. The standard InChI is InChI=1S/C14H21NO2/c1-10-5-6-13(16)12(8-10)9-15-11(2)14-4-3-7-17-14/h5-6,8,11,14-16H,3-4,7,9H2,1-2H3. The quantitative estimate of drug-likeness (QED) is 0.841. The van der Waals surface area contributed by atoms with Crippen LogP contribution in [-0.2, 0) is 11.3 Å². The number of nitrogens with one attached hydrogen (secondary N) is 1. The Hall–Kier alpha value is -1.06. The Morgan fingerprint density at radius 2 is 2.35 bits per heavy atom. The highest BCUT2D eigenvalue weighted by molar-refractivity contribution is 5.35. The van der Waals surface area contributed by atoms with Crippen LogP contribution in [0.2, 0.25) is 0 Å². The van der Waals surface area contributed by atoms with Gasteiger partial charge in [-0.3, -0.25) is 0 Å². The Kier molecular flexibility index (Phi) is 4.02. The molecule has 2 rings (SSSR count). The van der Waals surface area contributed by atoms with Crippen LogP contribution in [0.25, 0.3) is 0 Å². The van der Waals surface area contributed by atoms with Gasteiger partial charge in [0.15, 0.2) is 0 Å². The van der Waals surface area contributed by atoms with Gasteiger partial charge in [-0.1, -0.05) is 17.7 Å². The lowest BCUT2D eigenvalue weighted by molar-refractivity contribution is 0.0831.